The number of nitrogens with two attached hydrogens (primary N) is 1. The van der Waals surface area contributed by atoms with Crippen molar-refractivity contribution in [3.05, 3.63) is 41.0 Å². The Morgan fingerprint density at radius 1 is 1.48 bits per heavy atom. The number of rotatable bonds is 5. The molecule has 0 aliphatic heterocycles. The second-order valence-electron chi connectivity index (χ2n) is 4.34. The van der Waals surface area contributed by atoms with E-state index in [0.29, 0.717) is 17.0 Å². The Morgan fingerprint density at radius 2 is 2.19 bits per heavy atom. The van der Waals surface area contributed by atoms with Crippen molar-refractivity contribution in [2.24, 2.45) is 5.73 Å². The number of nitrogens with zero attached hydrogens (tertiary/aromatic N) is 2. The zero-order chi connectivity index (χ0) is 15.6. The van der Waals surface area contributed by atoms with Gasteiger partial charge < -0.3 is 10.3 Å². The van der Waals surface area contributed by atoms with Crippen molar-refractivity contribution in [3.8, 4) is 0 Å². The van der Waals surface area contributed by atoms with Gasteiger partial charge in [0.05, 0.1) is 5.69 Å². The lowest BCUT2D eigenvalue weighted by atomic mass is 10.2. The van der Waals surface area contributed by atoms with Gasteiger partial charge in [0.2, 0.25) is 10.0 Å². The Balaban J connectivity index is 2.30. The number of pyridine rings is 1. The van der Waals surface area contributed by atoms with Crippen LogP contribution in [0.25, 0.3) is 0 Å². The zero-order valence-corrected chi connectivity index (χ0v) is 13.1. The van der Waals surface area contributed by atoms with Crippen molar-refractivity contribution < 1.29 is 12.9 Å². The molecule has 0 aromatic carbocycles. The SMILES string of the molecule is Cc1noc(C)c1CNS(=O)(=O)c1cccnc1C(N)=S. The summed E-state index contributed by atoms with van der Waals surface area (Å²) in [4.78, 5) is 3.78. The van der Waals surface area contributed by atoms with Gasteiger partial charge >= 0.3 is 0 Å². The third-order valence-electron chi connectivity index (χ3n) is 2.91. The normalized spacial score (nSPS) is 11.5. The van der Waals surface area contributed by atoms with Crippen molar-refractivity contribution in [2.75, 3.05) is 0 Å². The molecule has 0 saturated heterocycles. The molecule has 9 heteroatoms. The topological polar surface area (TPSA) is 111 Å². The molecular weight excluding hydrogens is 312 g/mol. The van der Waals surface area contributed by atoms with Crippen molar-refractivity contribution in [3.63, 3.8) is 0 Å². The minimum atomic E-state index is -3.79. The molecule has 0 aliphatic carbocycles. The van der Waals surface area contributed by atoms with Crippen molar-refractivity contribution >= 4 is 27.2 Å². The molecular formula is C12H14N4O3S2. The maximum atomic E-state index is 12.4. The number of aromatic nitrogens is 2. The molecule has 112 valence electrons. The zero-order valence-electron chi connectivity index (χ0n) is 11.5. The molecule has 0 amide bonds. The highest BCUT2D eigenvalue weighted by Gasteiger charge is 2.21. The van der Waals surface area contributed by atoms with Crippen LogP contribution in [0.5, 0.6) is 0 Å². The molecule has 2 rings (SSSR count). The van der Waals surface area contributed by atoms with Crippen LogP contribution in [0.15, 0.2) is 27.7 Å². The largest absolute Gasteiger partial charge is 0.388 e. The van der Waals surface area contributed by atoms with E-state index in [0.717, 1.165) is 0 Å². The van der Waals surface area contributed by atoms with Crippen LogP contribution in [0.1, 0.15) is 22.7 Å². The van der Waals surface area contributed by atoms with E-state index in [4.69, 9.17) is 22.5 Å². The van der Waals surface area contributed by atoms with Gasteiger partial charge in [-0.15, -0.1) is 0 Å². The van der Waals surface area contributed by atoms with Gasteiger partial charge in [-0.3, -0.25) is 4.98 Å². The fourth-order valence-corrected chi connectivity index (χ4v) is 3.18. The molecule has 0 bridgehead atoms. The molecule has 21 heavy (non-hydrogen) atoms. The first-order chi connectivity index (χ1) is 9.83. The van der Waals surface area contributed by atoms with Crippen LogP contribution >= 0.6 is 12.2 Å². The molecule has 3 N–H and O–H groups in total. The summed E-state index contributed by atoms with van der Waals surface area (Å²) in [7, 11) is -3.79. The number of hydrogen-bond donors (Lipinski definition) is 2. The standard InChI is InChI=1S/C12H14N4O3S2/c1-7-9(8(2)19-16-7)6-15-21(17,18)10-4-3-5-14-11(10)12(13)20/h3-5,15H,6H2,1-2H3,(H2,13,20). The van der Waals surface area contributed by atoms with E-state index in [1.54, 1.807) is 13.8 Å². The molecule has 0 spiro atoms. The third-order valence-corrected chi connectivity index (χ3v) is 4.54. The van der Waals surface area contributed by atoms with Crippen LogP contribution in [0.2, 0.25) is 0 Å². The Kier molecular flexibility index (Phi) is 4.35. The van der Waals surface area contributed by atoms with Gasteiger partial charge in [0, 0.05) is 18.3 Å². The van der Waals surface area contributed by atoms with E-state index >= 15 is 0 Å². The fraction of sp³-hybridized carbons (Fsp3) is 0.250. The average molecular weight is 326 g/mol. The minimum absolute atomic E-state index is 0.0516. The number of hydrogen-bond acceptors (Lipinski definition) is 6. The van der Waals surface area contributed by atoms with Gasteiger partial charge in [-0.2, -0.15) is 0 Å². The van der Waals surface area contributed by atoms with Crippen molar-refractivity contribution in [1.82, 2.24) is 14.9 Å². The molecule has 0 aliphatic rings. The Hall–Kier alpha value is -1.84. The quantitative estimate of drug-likeness (QED) is 0.782. The van der Waals surface area contributed by atoms with E-state index in [2.05, 4.69) is 14.9 Å². The van der Waals surface area contributed by atoms with Gasteiger partial charge in [-0.05, 0) is 26.0 Å². The van der Waals surface area contributed by atoms with Gasteiger partial charge in [0.15, 0.2) is 0 Å². The fourth-order valence-electron chi connectivity index (χ4n) is 1.79. The first-order valence-electron chi connectivity index (χ1n) is 5.99. The van der Waals surface area contributed by atoms with Crippen LogP contribution in [-0.4, -0.2) is 23.5 Å². The smallest absolute Gasteiger partial charge is 0.243 e. The van der Waals surface area contributed by atoms with Crippen molar-refractivity contribution in [2.45, 2.75) is 25.3 Å². The Labute approximate surface area is 127 Å². The second kappa shape index (κ2) is 5.88. The highest BCUT2D eigenvalue weighted by molar-refractivity contribution is 7.89. The van der Waals surface area contributed by atoms with Crippen molar-refractivity contribution in [1.29, 1.82) is 0 Å². The average Bonchev–Trinajstić information content (AvgIpc) is 2.76. The molecule has 0 unspecified atom stereocenters. The molecule has 2 aromatic rings. The van der Waals surface area contributed by atoms with E-state index in [1.165, 1.54) is 18.3 Å². The van der Waals surface area contributed by atoms with Gasteiger partial charge in [0.1, 0.15) is 21.3 Å². The molecule has 0 atom stereocenters. The van der Waals surface area contributed by atoms with Crippen LogP contribution in [0.4, 0.5) is 0 Å². The summed E-state index contributed by atoms with van der Waals surface area (Å²) in [6.07, 6.45) is 1.43. The molecule has 2 aromatic heterocycles. The number of nitrogens with one attached hydrogen (secondary N) is 1. The Morgan fingerprint density at radius 3 is 2.76 bits per heavy atom. The maximum absolute atomic E-state index is 12.4. The lowest BCUT2D eigenvalue weighted by molar-refractivity contribution is 0.392. The summed E-state index contributed by atoms with van der Waals surface area (Å²) in [6, 6.07) is 2.91. The monoisotopic (exact) mass is 326 g/mol. The lowest BCUT2D eigenvalue weighted by Gasteiger charge is -2.09. The minimum Gasteiger partial charge on any atom is -0.388 e. The summed E-state index contributed by atoms with van der Waals surface area (Å²) >= 11 is 4.82. The number of aryl methyl sites for hydroxylation is 2. The van der Waals surface area contributed by atoms with Gasteiger partial charge in [0.25, 0.3) is 0 Å². The number of thiocarbonyl (C=S) groups is 1. The van der Waals surface area contributed by atoms with Crippen LogP contribution in [0, 0.1) is 13.8 Å². The Bertz CT molecular complexity index is 764. The predicted molar refractivity (Wildman–Crippen MR) is 80.1 cm³/mol. The molecule has 0 radical (unpaired) electrons. The molecule has 7 nitrogen and oxygen atoms in total. The summed E-state index contributed by atoms with van der Waals surface area (Å²) < 4.78 is 32.2. The second-order valence-corrected chi connectivity index (χ2v) is 6.52. The highest BCUT2D eigenvalue weighted by atomic mass is 32.2. The van der Waals surface area contributed by atoms with E-state index < -0.39 is 10.0 Å². The summed E-state index contributed by atoms with van der Waals surface area (Å²) in [6.45, 7) is 3.52. The van der Waals surface area contributed by atoms with Crippen LogP contribution < -0.4 is 10.5 Å². The summed E-state index contributed by atoms with van der Waals surface area (Å²) in [5.74, 6) is 0.566. The summed E-state index contributed by atoms with van der Waals surface area (Å²) in [5.41, 5.74) is 6.90. The van der Waals surface area contributed by atoms with Crippen LogP contribution in [-0.2, 0) is 16.6 Å². The molecule has 2 heterocycles. The van der Waals surface area contributed by atoms with E-state index in [-0.39, 0.29) is 22.1 Å². The molecule has 0 fully saturated rings. The summed E-state index contributed by atoms with van der Waals surface area (Å²) in [5, 5.41) is 3.77. The first kappa shape index (κ1) is 15.5. The maximum Gasteiger partial charge on any atom is 0.243 e. The number of sulfonamides is 1. The molecule has 0 saturated carbocycles. The first-order valence-corrected chi connectivity index (χ1v) is 7.88. The predicted octanol–water partition coefficient (Wildman–Crippen LogP) is 0.799. The lowest BCUT2D eigenvalue weighted by Crippen LogP contribution is -2.27. The van der Waals surface area contributed by atoms with E-state index in [1.807, 2.05) is 0 Å². The van der Waals surface area contributed by atoms with Crippen LogP contribution in [0.3, 0.4) is 0 Å². The van der Waals surface area contributed by atoms with E-state index in [9.17, 15) is 8.42 Å². The highest BCUT2D eigenvalue weighted by Crippen LogP contribution is 2.16. The van der Waals surface area contributed by atoms with Gasteiger partial charge in [-0.25, -0.2) is 13.1 Å². The third kappa shape index (κ3) is 3.26. The van der Waals surface area contributed by atoms with Gasteiger partial charge in [-0.1, -0.05) is 17.4 Å².